The summed E-state index contributed by atoms with van der Waals surface area (Å²) in [6.07, 6.45) is 0. The topological polar surface area (TPSA) is 63.2 Å². The maximum absolute atomic E-state index is 13.4. The Hall–Kier alpha value is -3.51. The molecule has 186 valence electrons. The number of nitrogens with one attached hydrogen (secondary N) is 1. The second kappa shape index (κ2) is 9.17. The zero-order valence-electron chi connectivity index (χ0n) is 21.1. The lowest BCUT2D eigenvalue weighted by atomic mass is 9.90. The Labute approximate surface area is 216 Å². The van der Waals surface area contributed by atoms with E-state index in [9.17, 15) is 4.79 Å². The number of halogens is 1. The third kappa shape index (κ3) is 4.78. The Morgan fingerprint density at radius 3 is 2.44 bits per heavy atom. The predicted octanol–water partition coefficient (Wildman–Crippen LogP) is 7.31. The van der Waals surface area contributed by atoms with Crippen LogP contribution in [0.25, 0.3) is 0 Å². The summed E-state index contributed by atoms with van der Waals surface area (Å²) < 4.78 is 12.0. The van der Waals surface area contributed by atoms with Crippen LogP contribution in [-0.2, 0) is 0 Å². The fourth-order valence-corrected chi connectivity index (χ4v) is 4.73. The van der Waals surface area contributed by atoms with E-state index >= 15 is 0 Å². The molecule has 0 aromatic heterocycles. The third-order valence-corrected chi connectivity index (χ3v) is 6.68. The number of nitrogens with zero attached hydrogens (tertiary/aromatic N) is 2. The van der Waals surface area contributed by atoms with Gasteiger partial charge in [0.2, 0.25) is 5.79 Å². The van der Waals surface area contributed by atoms with Gasteiger partial charge in [0.05, 0.1) is 12.3 Å². The van der Waals surface area contributed by atoms with E-state index in [-0.39, 0.29) is 17.9 Å². The van der Waals surface area contributed by atoms with Crippen molar-refractivity contribution in [2.45, 2.75) is 52.2 Å². The van der Waals surface area contributed by atoms with Gasteiger partial charge in [-0.3, -0.25) is 0 Å². The van der Waals surface area contributed by atoms with Gasteiger partial charge in [0, 0.05) is 42.1 Å². The van der Waals surface area contributed by atoms with Gasteiger partial charge in [0.1, 0.15) is 0 Å². The summed E-state index contributed by atoms with van der Waals surface area (Å²) in [6, 6.07) is 19.4. The van der Waals surface area contributed by atoms with Gasteiger partial charge in [-0.1, -0.05) is 67.4 Å². The van der Waals surface area contributed by atoms with Crippen molar-refractivity contribution in [3.8, 4) is 11.5 Å². The molecule has 6 nitrogen and oxygen atoms in total. The van der Waals surface area contributed by atoms with Crippen LogP contribution in [0.4, 0.5) is 10.5 Å². The SMILES string of the molecule is Cc1ccc(C2=NN(C(=O)Nc3cc4c(c(C(C)C)c3)OC(C)(C)O4)CC2c2ccc(Cl)cc2)cc1. The summed E-state index contributed by atoms with van der Waals surface area (Å²) in [5, 5.41) is 9.96. The quantitative estimate of drug-likeness (QED) is 0.406. The average Bonchev–Trinajstić information content (AvgIpc) is 3.39. The number of rotatable bonds is 4. The van der Waals surface area contributed by atoms with Crippen molar-refractivity contribution in [2.75, 3.05) is 11.9 Å². The molecule has 2 heterocycles. The molecule has 0 bridgehead atoms. The van der Waals surface area contributed by atoms with E-state index in [4.69, 9.17) is 26.2 Å². The summed E-state index contributed by atoms with van der Waals surface area (Å²) in [7, 11) is 0. The van der Waals surface area contributed by atoms with Gasteiger partial charge >= 0.3 is 6.03 Å². The second-order valence-electron chi connectivity index (χ2n) is 10.1. The van der Waals surface area contributed by atoms with Crippen molar-refractivity contribution < 1.29 is 14.3 Å². The fraction of sp³-hybridized carbons (Fsp3) is 0.310. The van der Waals surface area contributed by atoms with Gasteiger partial charge in [-0.05, 0) is 42.2 Å². The first-order chi connectivity index (χ1) is 17.1. The maximum Gasteiger partial charge on any atom is 0.342 e. The molecule has 5 rings (SSSR count). The lowest BCUT2D eigenvalue weighted by Gasteiger charge is -2.18. The van der Waals surface area contributed by atoms with Gasteiger partial charge in [-0.2, -0.15) is 5.10 Å². The first kappa shape index (κ1) is 24.2. The van der Waals surface area contributed by atoms with E-state index in [1.165, 1.54) is 10.6 Å². The van der Waals surface area contributed by atoms with Crippen LogP contribution in [0.2, 0.25) is 5.02 Å². The molecule has 2 aliphatic heterocycles. The number of carbonyl (C=O) groups excluding carboxylic acids is 1. The van der Waals surface area contributed by atoms with Gasteiger partial charge < -0.3 is 14.8 Å². The van der Waals surface area contributed by atoms with Crippen LogP contribution in [0.1, 0.15) is 61.8 Å². The van der Waals surface area contributed by atoms with Crippen LogP contribution in [-0.4, -0.2) is 29.1 Å². The van der Waals surface area contributed by atoms with Crippen molar-refractivity contribution in [2.24, 2.45) is 5.10 Å². The van der Waals surface area contributed by atoms with Crippen molar-refractivity contribution >= 4 is 29.0 Å². The van der Waals surface area contributed by atoms with Crippen molar-refractivity contribution in [1.82, 2.24) is 5.01 Å². The number of ether oxygens (including phenoxy) is 2. The monoisotopic (exact) mass is 503 g/mol. The Kier molecular flexibility index (Phi) is 6.17. The van der Waals surface area contributed by atoms with Crippen LogP contribution < -0.4 is 14.8 Å². The maximum atomic E-state index is 13.4. The van der Waals surface area contributed by atoms with Crippen LogP contribution >= 0.6 is 11.6 Å². The molecule has 7 heteroatoms. The second-order valence-corrected chi connectivity index (χ2v) is 10.6. The number of carbonyl (C=O) groups is 1. The van der Waals surface area contributed by atoms with E-state index in [0.717, 1.165) is 28.2 Å². The number of anilines is 1. The Morgan fingerprint density at radius 1 is 1.08 bits per heavy atom. The van der Waals surface area contributed by atoms with E-state index in [1.807, 2.05) is 62.4 Å². The molecule has 36 heavy (non-hydrogen) atoms. The van der Waals surface area contributed by atoms with E-state index in [1.54, 1.807) is 0 Å². The minimum Gasteiger partial charge on any atom is -0.449 e. The lowest BCUT2D eigenvalue weighted by Crippen LogP contribution is -2.30. The average molecular weight is 504 g/mol. The molecule has 3 aromatic rings. The lowest BCUT2D eigenvalue weighted by molar-refractivity contribution is -0.0435. The van der Waals surface area contributed by atoms with Crippen molar-refractivity contribution in [1.29, 1.82) is 0 Å². The zero-order chi connectivity index (χ0) is 25.6. The summed E-state index contributed by atoms with van der Waals surface area (Å²) >= 11 is 6.13. The minimum absolute atomic E-state index is 0.0699. The highest BCUT2D eigenvalue weighted by atomic mass is 35.5. The van der Waals surface area contributed by atoms with Gasteiger partial charge in [0.25, 0.3) is 0 Å². The van der Waals surface area contributed by atoms with Crippen LogP contribution in [0.3, 0.4) is 0 Å². The minimum atomic E-state index is -0.747. The number of amides is 2. The third-order valence-electron chi connectivity index (χ3n) is 6.43. The largest absolute Gasteiger partial charge is 0.449 e. The predicted molar refractivity (Wildman–Crippen MR) is 143 cm³/mol. The normalized spacial score (nSPS) is 17.9. The Morgan fingerprint density at radius 2 is 1.78 bits per heavy atom. The molecule has 0 saturated carbocycles. The van der Waals surface area contributed by atoms with E-state index in [0.29, 0.717) is 23.0 Å². The molecule has 2 amide bonds. The molecule has 0 fully saturated rings. The molecule has 0 spiro atoms. The van der Waals surface area contributed by atoms with Crippen LogP contribution in [0, 0.1) is 6.92 Å². The number of fused-ring (bicyclic) bond motifs is 1. The standard InChI is InChI=1S/C29H30ClN3O3/c1-17(2)23-14-22(15-25-27(23)36-29(4,5)35-25)31-28(34)33-16-24(19-10-12-21(30)13-11-19)26(32-33)20-8-6-18(3)7-9-20/h6-15,17,24H,16H2,1-5H3,(H,31,34). The highest BCUT2D eigenvalue weighted by Gasteiger charge is 2.36. The molecule has 1 unspecified atom stereocenters. The highest BCUT2D eigenvalue weighted by Crippen LogP contribution is 2.46. The molecular formula is C29H30ClN3O3. The number of hydrogen-bond donors (Lipinski definition) is 1. The van der Waals surface area contributed by atoms with Gasteiger partial charge in [-0.25, -0.2) is 9.80 Å². The number of aryl methyl sites for hydroxylation is 1. The summed E-state index contributed by atoms with van der Waals surface area (Å²) in [5.41, 5.74) is 5.69. The van der Waals surface area contributed by atoms with Gasteiger partial charge in [-0.15, -0.1) is 0 Å². The fourth-order valence-electron chi connectivity index (χ4n) is 4.60. The van der Waals surface area contributed by atoms with Crippen molar-refractivity contribution in [3.63, 3.8) is 0 Å². The first-order valence-electron chi connectivity index (χ1n) is 12.1. The first-order valence-corrected chi connectivity index (χ1v) is 12.5. The van der Waals surface area contributed by atoms with E-state index in [2.05, 4.69) is 38.2 Å². The van der Waals surface area contributed by atoms with Crippen LogP contribution in [0.15, 0.2) is 65.8 Å². The van der Waals surface area contributed by atoms with Crippen LogP contribution in [0.5, 0.6) is 11.5 Å². The molecule has 1 N–H and O–H groups in total. The molecule has 0 radical (unpaired) electrons. The smallest absolute Gasteiger partial charge is 0.342 e. The highest BCUT2D eigenvalue weighted by molar-refractivity contribution is 6.30. The molecule has 2 aliphatic rings. The number of benzene rings is 3. The molecule has 0 saturated heterocycles. The van der Waals surface area contributed by atoms with E-state index < -0.39 is 5.79 Å². The molecule has 1 atom stereocenters. The number of urea groups is 1. The molecule has 3 aromatic carbocycles. The molecular weight excluding hydrogens is 474 g/mol. The number of hydrogen-bond acceptors (Lipinski definition) is 4. The Balaban J connectivity index is 1.44. The molecule has 0 aliphatic carbocycles. The summed E-state index contributed by atoms with van der Waals surface area (Å²) in [5.74, 6) is 0.741. The Bertz CT molecular complexity index is 1330. The summed E-state index contributed by atoms with van der Waals surface area (Å²) in [6.45, 7) is 10.4. The summed E-state index contributed by atoms with van der Waals surface area (Å²) in [4.78, 5) is 13.4. The van der Waals surface area contributed by atoms with Gasteiger partial charge in [0.15, 0.2) is 11.5 Å². The van der Waals surface area contributed by atoms with Crippen molar-refractivity contribution in [3.05, 3.63) is 87.9 Å². The number of hydrazone groups is 1. The zero-order valence-corrected chi connectivity index (χ0v) is 21.9.